The smallest absolute Gasteiger partial charge is 0.0536 e. The van der Waals surface area contributed by atoms with E-state index >= 15 is 0 Å². The fourth-order valence-corrected chi connectivity index (χ4v) is 3.23. The highest BCUT2D eigenvalue weighted by Crippen LogP contribution is 2.31. The van der Waals surface area contributed by atoms with E-state index in [1.165, 1.54) is 16.7 Å². The Kier molecular flexibility index (Phi) is 5.44. The van der Waals surface area contributed by atoms with Crippen LogP contribution in [0.3, 0.4) is 0 Å². The van der Waals surface area contributed by atoms with Gasteiger partial charge in [0.25, 0.3) is 0 Å². The summed E-state index contributed by atoms with van der Waals surface area (Å²) in [6.07, 6.45) is 1.85. The van der Waals surface area contributed by atoms with Crippen LogP contribution in [0.5, 0.6) is 0 Å². The molecule has 0 aliphatic carbocycles. The van der Waals surface area contributed by atoms with Crippen LogP contribution in [0, 0.1) is 5.41 Å². The summed E-state index contributed by atoms with van der Waals surface area (Å²) in [5.74, 6) is 0. The molecule has 1 aliphatic heterocycles. The summed E-state index contributed by atoms with van der Waals surface area (Å²) >= 11 is 0. The molecule has 2 aromatic rings. The zero-order chi connectivity index (χ0) is 16.0. The van der Waals surface area contributed by atoms with E-state index in [1.807, 2.05) is 6.07 Å². The van der Waals surface area contributed by atoms with Crippen LogP contribution in [0.25, 0.3) is 11.1 Å². The van der Waals surface area contributed by atoms with Crippen LogP contribution in [0.4, 0.5) is 0 Å². The molecule has 0 aromatic heterocycles. The second kappa shape index (κ2) is 7.73. The highest BCUT2D eigenvalue weighted by Gasteiger charge is 2.33. The van der Waals surface area contributed by atoms with Gasteiger partial charge in [0.1, 0.15) is 0 Å². The summed E-state index contributed by atoms with van der Waals surface area (Å²) in [5.41, 5.74) is 3.88. The Bertz CT molecular complexity index is 589. The summed E-state index contributed by atoms with van der Waals surface area (Å²) in [6.45, 7) is 3.55. The average molecular weight is 311 g/mol. The van der Waals surface area contributed by atoms with Gasteiger partial charge in [-0.25, -0.2) is 0 Å². The Morgan fingerprint density at radius 1 is 1.00 bits per heavy atom. The summed E-state index contributed by atoms with van der Waals surface area (Å²) in [6, 6.07) is 19.1. The molecule has 3 nitrogen and oxygen atoms in total. The van der Waals surface area contributed by atoms with Crippen LogP contribution < -0.4 is 5.32 Å². The number of aliphatic hydroxyl groups is 1. The molecule has 1 atom stereocenters. The summed E-state index contributed by atoms with van der Waals surface area (Å²) in [5, 5.41) is 12.8. The first-order chi connectivity index (χ1) is 11.3. The predicted octanol–water partition coefficient (Wildman–Crippen LogP) is 3.23. The van der Waals surface area contributed by atoms with Crippen LogP contribution in [0.1, 0.15) is 18.4 Å². The first-order valence-electron chi connectivity index (χ1n) is 8.35. The lowest BCUT2D eigenvalue weighted by Crippen LogP contribution is -2.35. The quantitative estimate of drug-likeness (QED) is 0.825. The third-order valence-corrected chi connectivity index (χ3v) is 4.72. The summed E-state index contributed by atoms with van der Waals surface area (Å²) in [7, 11) is 0. The Morgan fingerprint density at radius 3 is 2.39 bits per heavy atom. The second-order valence-electron chi connectivity index (χ2n) is 6.44. The van der Waals surface area contributed by atoms with E-state index in [1.54, 1.807) is 0 Å². The molecule has 122 valence electrons. The molecule has 2 aromatic carbocycles. The maximum atomic E-state index is 9.26. The summed E-state index contributed by atoms with van der Waals surface area (Å²) < 4.78 is 5.53. The van der Waals surface area contributed by atoms with Gasteiger partial charge in [-0.05, 0) is 29.5 Å². The molecule has 0 bridgehead atoms. The topological polar surface area (TPSA) is 41.5 Å². The molecule has 0 saturated carbocycles. The SMILES string of the molecule is OCCC1(CNCc2ccc(-c3ccccc3)cc2)CCOC1. The maximum absolute atomic E-state index is 9.26. The van der Waals surface area contributed by atoms with Crippen LogP contribution in [0.2, 0.25) is 0 Å². The van der Waals surface area contributed by atoms with Crippen molar-refractivity contribution in [1.82, 2.24) is 5.32 Å². The van der Waals surface area contributed by atoms with Crippen LogP contribution in [-0.4, -0.2) is 31.5 Å². The fourth-order valence-electron chi connectivity index (χ4n) is 3.23. The second-order valence-corrected chi connectivity index (χ2v) is 6.44. The number of rotatable bonds is 7. The Balaban J connectivity index is 1.54. The number of nitrogens with one attached hydrogen (secondary N) is 1. The largest absolute Gasteiger partial charge is 0.396 e. The number of hydrogen-bond acceptors (Lipinski definition) is 3. The van der Waals surface area contributed by atoms with Gasteiger partial charge in [-0.15, -0.1) is 0 Å². The molecule has 0 amide bonds. The highest BCUT2D eigenvalue weighted by molar-refractivity contribution is 5.63. The molecule has 0 radical (unpaired) electrons. The van der Waals surface area contributed by atoms with Crippen molar-refractivity contribution in [2.75, 3.05) is 26.4 Å². The van der Waals surface area contributed by atoms with Gasteiger partial charge in [0, 0.05) is 31.7 Å². The zero-order valence-electron chi connectivity index (χ0n) is 13.5. The van der Waals surface area contributed by atoms with E-state index in [0.29, 0.717) is 0 Å². The number of benzene rings is 2. The van der Waals surface area contributed by atoms with Crippen molar-refractivity contribution in [3.05, 3.63) is 60.2 Å². The Morgan fingerprint density at radius 2 is 1.74 bits per heavy atom. The van der Waals surface area contributed by atoms with E-state index in [0.717, 1.165) is 39.1 Å². The number of aliphatic hydroxyl groups excluding tert-OH is 1. The molecule has 3 rings (SSSR count). The van der Waals surface area contributed by atoms with Gasteiger partial charge < -0.3 is 15.2 Å². The Labute approximate surface area is 138 Å². The van der Waals surface area contributed by atoms with Gasteiger partial charge in [0.2, 0.25) is 0 Å². The third kappa shape index (κ3) is 4.20. The van der Waals surface area contributed by atoms with Gasteiger partial charge in [-0.1, -0.05) is 54.6 Å². The highest BCUT2D eigenvalue weighted by atomic mass is 16.5. The van der Waals surface area contributed by atoms with Gasteiger partial charge >= 0.3 is 0 Å². The molecular formula is C20H25NO2. The van der Waals surface area contributed by atoms with E-state index < -0.39 is 0 Å². The third-order valence-electron chi connectivity index (χ3n) is 4.72. The van der Waals surface area contributed by atoms with Gasteiger partial charge in [-0.3, -0.25) is 0 Å². The average Bonchev–Trinajstić information content (AvgIpc) is 3.05. The molecular weight excluding hydrogens is 286 g/mol. The lowest BCUT2D eigenvalue weighted by atomic mass is 9.84. The lowest BCUT2D eigenvalue weighted by Gasteiger charge is -2.26. The molecule has 1 aliphatic rings. The molecule has 1 heterocycles. The zero-order valence-corrected chi connectivity index (χ0v) is 13.5. The van der Waals surface area contributed by atoms with Crippen LogP contribution >= 0.6 is 0 Å². The van der Waals surface area contributed by atoms with Crippen molar-refractivity contribution >= 4 is 0 Å². The molecule has 1 saturated heterocycles. The normalized spacial score (nSPS) is 20.7. The number of ether oxygens (including phenoxy) is 1. The molecule has 0 spiro atoms. The molecule has 23 heavy (non-hydrogen) atoms. The van der Waals surface area contributed by atoms with Gasteiger partial charge in [0.05, 0.1) is 6.61 Å². The van der Waals surface area contributed by atoms with Gasteiger partial charge in [0.15, 0.2) is 0 Å². The minimum Gasteiger partial charge on any atom is -0.396 e. The van der Waals surface area contributed by atoms with E-state index in [-0.39, 0.29) is 12.0 Å². The van der Waals surface area contributed by atoms with E-state index in [4.69, 9.17) is 4.74 Å². The van der Waals surface area contributed by atoms with Crippen molar-refractivity contribution in [3.8, 4) is 11.1 Å². The van der Waals surface area contributed by atoms with Crippen molar-refractivity contribution in [1.29, 1.82) is 0 Å². The van der Waals surface area contributed by atoms with Crippen molar-refractivity contribution in [2.24, 2.45) is 5.41 Å². The molecule has 1 fully saturated rings. The van der Waals surface area contributed by atoms with Crippen molar-refractivity contribution < 1.29 is 9.84 Å². The van der Waals surface area contributed by atoms with Crippen molar-refractivity contribution in [2.45, 2.75) is 19.4 Å². The van der Waals surface area contributed by atoms with Crippen molar-refractivity contribution in [3.63, 3.8) is 0 Å². The van der Waals surface area contributed by atoms with Crippen LogP contribution in [0.15, 0.2) is 54.6 Å². The van der Waals surface area contributed by atoms with E-state index in [2.05, 4.69) is 53.8 Å². The lowest BCUT2D eigenvalue weighted by molar-refractivity contribution is 0.124. The fraction of sp³-hybridized carbons (Fsp3) is 0.400. The van der Waals surface area contributed by atoms with Crippen LogP contribution in [-0.2, 0) is 11.3 Å². The monoisotopic (exact) mass is 311 g/mol. The predicted molar refractivity (Wildman–Crippen MR) is 93.2 cm³/mol. The molecule has 3 heteroatoms. The van der Waals surface area contributed by atoms with Gasteiger partial charge in [-0.2, -0.15) is 0 Å². The first kappa shape index (κ1) is 16.2. The molecule has 1 unspecified atom stereocenters. The maximum Gasteiger partial charge on any atom is 0.0536 e. The summed E-state index contributed by atoms with van der Waals surface area (Å²) in [4.78, 5) is 0. The standard InChI is InChI=1S/C20H25NO2/c22-12-10-20(11-13-23-16-20)15-21-14-17-6-8-19(9-7-17)18-4-2-1-3-5-18/h1-9,21-22H,10-16H2. The Hall–Kier alpha value is -1.68. The minimum absolute atomic E-state index is 0.110. The van der Waals surface area contributed by atoms with E-state index in [9.17, 15) is 5.11 Å². The number of hydrogen-bond donors (Lipinski definition) is 2. The molecule has 2 N–H and O–H groups in total. The minimum atomic E-state index is 0.110. The first-order valence-corrected chi connectivity index (χ1v) is 8.35.